The number of H-pyrrole nitrogens is 4. The maximum absolute atomic E-state index is 15.6. The Balaban J connectivity index is 0.000000125. The molecule has 120 heavy (non-hydrogen) atoms. The fourth-order valence-electron chi connectivity index (χ4n) is 19.8. The summed E-state index contributed by atoms with van der Waals surface area (Å²) in [5.41, 5.74) is 13.7. The highest BCUT2D eigenvalue weighted by atomic mass is 32.2. The fourth-order valence-corrected chi connectivity index (χ4v) is 21.3. The summed E-state index contributed by atoms with van der Waals surface area (Å²) in [6, 6.07) is 38.0. The molecule has 0 saturated heterocycles. The molecule has 19 rings (SSSR count). The summed E-state index contributed by atoms with van der Waals surface area (Å²) in [6.07, 6.45) is 37.8. The summed E-state index contributed by atoms with van der Waals surface area (Å²) in [6.45, 7) is 14.5. The number of aromatic nitrogens is 4. The van der Waals surface area contributed by atoms with E-state index in [9.17, 15) is 40.5 Å². The third-order valence-corrected chi connectivity index (χ3v) is 27.2. The van der Waals surface area contributed by atoms with Crippen molar-refractivity contribution in [3.63, 3.8) is 0 Å². The number of hydrogen-bond acceptors (Lipinski definition) is 6. The molecule has 0 spiro atoms. The monoisotopic (exact) mass is 1640 g/mol. The van der Waals surface area contributed by atoms with E-state index in [2.05, 4.69) is 111 Å². The number of aromatic amines is 4. The van der Waals surface area contributed by atoms with Gasteiger partial charge in [0.05, 0.1) is 46.2 Å². The number of benzene rings is 7. The van der Waals surface area contributed by atoms with Crippen LogP contribution in [0.25, 0.3) is 43.6 Å². The zero-order valence-corrected chi connectivity index (χ0v) is 69.2. The summed E-state index contributed by atoms with van der Waals surface area (Å²) in [5.74, 6) is 10.2. The Kier molecular flexibility index (Phi) is 23.5. The van der Waals surface area contributed by atoms with Crippen molar-refractivity contribution in [1.82, 2.24) is 44.3 Å². The van der Waals surface area contributed by atoms with Crippen molar-refractivity contribution in [3.8, 4) is 55.1 Å². The van der Waals surface area contributed by atoms with Gasteiger partial charge in [0, 0.05) is 113 Å². The number of para-hydroxylation sites is 1. The zero-order chi connectivity index (χ0) is 85.0. The van der Waals surface area contributed by atoms with Crippen LogP contribution in [-0.2, 0) is 49.8 Å². The Bertz CT molecular complexity index is 6110. The minimum atomic E-state index is -2.85. The lowest BCUT2D eigenvalue weighted by Crippen LogP contribution is -2.70. The van der Waals surface area contributed by atoms with E-state index in [4.69, 9.17) is 30.4 Å². The number of fused-ring (bicyclic) bond motifs is 12. The van der Waals surface area contributed by atoms with Crippen LogP contribution in [0.5, 0.6) is 5.75 Å². The molecule has 4 fully saturated rings. The molecule has 1 unspecified atom stereocenters. The number of hydrogen-bond donors (Lipinski definition) is 5. The second-order valence-corrected chi connectivity index (χ2v) is 35.6. The van der Waals surface area contributed by atoms with Crippen LogP contribution >= 0.6 is 0 Å². The average molecular weight is 1640 g/mol. The summed E-state index contributed by atoms with van der Waals surface area (Å²) >= 11 is 0. The summed E-state index contributed by atoms with van der Waals surface area (Å²) in [4.78, 5) is 59.8. The quantitative estimate of drug-likeness (QED) is 0.0326. The lowest BCUT2D eigenvalue weighted by atomic mass is 9.39. The first kappa shape index (κ1) is 83.3. The van der Waals surface area contributed by atoms with Gasteiger partial charge in [-0.15, -0.1) is 25.7 Å². The Morgan fingerprint density at radius 2 is 1.03 bits per heavy atom. The molecule has 4 aliphatic carbocycles. The molecule has 21 heteroatoms. The smallest absolute Gasteiger partial charge is 0.299 e. The molecule has 4 aliphatic heterocycles. The second-order valence-electron chi connectivity index (χ2n) is 33.5. The molecule has 618 valence electrons. The number of carbonyl (C=O) groups excluding carboxylic acids is 3. The number of ether oxygens (including phenoxy) is 1. The Morgan fingerprint density at radius 1 is 0.542 bits per heavy atom. The molecular weight excluding hydrogens is 1540 g/mol. The Morgan fingerprint density at radius 3 is 1.59 bits per heavy atom. The van der Waals surface area contributed by atoms with Crippen LogP contribution in [0.15, 0.2) is 157 Å². The van der Waals surface area contributed by atoms with E-state index in [0.29, 0.717) is 72.2 Å². The minimum absolute atomic E-state index is 0.00898. The number of terminal acetylenes is 4. The van der Waals surface area contributed by atoms with E-state index in [-0.39, 0.29) is 69.1 Å². The van der Waals surface area contributed by atoms with Gasteiger partial charge in [-0.1, -0.05) is 138 Å². The predicted molar refractivity (Wildman–Crippen MR) is 463 cm³/mol. The molecule has 4 aromatic heterocycles. The molecule has 2 bridgehead atoms. The lowest BCUT2D eigenvalue weighted by Gasteiger charge is -2.71. The van der Waals surface area contributed by atoms with Gasteiger partial charge in [-0.2, -0.15) is 0 Å². The molecule has 14 nitrogen and oxygen atoms in total. The first-order chi connectivity index (χ1) is 57.7. The first-order valence-corrected chi connectivity index (χ1v) is 43.3. The third kappa shape index (κ3) is 15.6. The van der Waals surface area contributed by atoms with Crippen LogP contribution in [-0.4, -0.2) is 110 Å². The topological polar surface area (TPSA) is 166 Å². The number of carbonyl (C=O) groups is 3. The number of halogens is 6. The predicted octanol–water partition coefficient (Wildman–Crippen LogP) is 19.8. The number of aryl methyl sites for hydroxylation is 1. The molecule has 5 N–H and O–H groups in total. The van der Waals surface area contributed by atoms with Gasteiger partial charge in [-0.05, 0) is 221 Å². The molecule has 3 amide bonds. The van der Waals surface area contributed by atoms with Crippen LogP contribution in [0.3, 0.4) is 0 Å². The van der Waals surface area contributed by atoms with E-state index in [1.54, 1.807) is 41.2 Å². The number of rotatable bonds is 18. The number of methoxy groups -OCH3 is 1. The van der Waals surface area contributed by atoms with Gasteiger partial charge in [0.1, 0.15) is 46.5 Å². The van der Waals surface area contributed by atoms with Crippen molar-refractivity contribution in [2.45, 2.75) is 215 Å². The van der Waals surface area contributed by atoms with Crippen molar-refractivity contribution in [2.24, 2.45) is 5.41 Å². The SMILES string of the molecule is C#CC(=C)N1[C@@H](CCCC)Cc2c([nH]c3ccccc23)[C@@H]1C12CC(F)(C1)C2.C#CC(=O)N1[C@@H](CCCC)Cc2c([nH]c3c(F)cc(F)cc23)[C@@H]1c1ccc(C)cc1.C#CC(=O)N1[C@@H](CCCC)Cc2c([nH]c3ccc(OC)cc23)[C@@H]1c1ccc(F)cc1.C#CC(=O)N1[C@@H](c2ccc(S(=C)(=O)NC3CC3)cc2F)c2[nH]c3ccc(F)cc3c2C[C@@H]1C. The van der Waals surface area contributed by atoms with Crippen LogP contribution in [0.1, 0.15) is 209 Å². The van der Waals surface area contributed by atoms with Crippen molar-refractivity contribution in [2.75, 3.05) is 7.11 Å². The minimum Gasteiger partial charge on any atom is -0.497 e. The molecule has 7 aromatic carbocycles. The highest BCUT2D eigenvalue weighted by molar-refractivity contribution is 7.98. The molecule has 9 atom stereocenters. The third-order valence-electron chi connectivity index (χ3n) is 25.5. The van der Waals surface area contributed by atoms with Crippen LogP contribution in [0.4, 0.5) is 26.3 Å². The second kappa shape index (κ2) is 33.8. The van der Waals surface area contributed by atoms with Crippen molar-refractivity contribution < 1.29 is 49.7 Å². The number of nitrogens with one attached hydrogen (secondary N) is 5. The van der Waals surface area contributed by atoms with Gasteiger partial charge in [0.15, 0.2) is 0 Å². The van der Waals surface area contributed by atoms with E-state index < -0.39 is 62.8 Å². The number of unbranched alkanes of at least 4 members (excludes halogenated alkanes) is 3. The van der Waals surface area contributed by atoms with Gasteiger partial charge >= 0.3 is 0 Å². The maximum Gasteiger partial charge on any atom is 0.299 e. The molecule has 8 aliphatic rings. The van der Waals surface area contributed by atoms with E-state index >= 15 is 4.39 Å². The van der Waals surface area contributed by atoms with Crippen LogP contribution in [0, 0.1) is 90.8 Å². The van der Waals surface area contributed by atoms with Crippen LogP contribution < -0.4 is 9.46 Å². The largest absolute Gasteiger partial charge is 0.497 e. The lowest BCUT2D eigenvalue weighted by molar-refractivity contribution is -0.249. The number of alkyl halides is 1. The number of allylic oxidation sites excluding steroid dienone is 1. The van der Waals surface area contributed by atoms with Crippen molar-refractivity contribution >= 4 is 76.9 Å². The van der Waals surface area contributed by atoms with E-state index in [1.165, 1.54) is 81.5 Å². The number of nitrogens with zero attached hydrogens (tertiary/aromatic N) is 4. The molecule has 11 aromatic rings. The maximum atomic E-state index is 15.6. The summed E-state index contributed by atoms with van der Waals surface area (Å²) in [7, 11) is -1.20. The van der Waals surface area contributed by atoms with Crippen LogP contribution in [0.2, 0.25) is 0 Å². The van der Waals surface area contributed by atoms with Gasteiger partial charge in [-0.3, -0.25) is 14.4 Å². The van der Waals surface area contributed by atoms with Gasteiger partial charge in [0.25, 0.3) is 17.7 Å². The zero-order valence-electron chi connectivity index (χ0n) is 68.4. The average Bonchev–Trinajstić information content (AvgIpc) is 0.865. The van der Waals surface area contributed by atoms with E-state index in [0.717, 1.165) is 133 Å². The standard InChI is InChI=1S/C25H23F2N3O2S.C25H24F2N2O.C25H25FN2O2.C24H27FN2/c1-4-23(31)30-14(2)11-20-19-12-15(26)5-10-22(19)28-24(20)25(30)18-9-8-17(13-21(18)27)33(3,32)29-16-6-7-16;1-4-6-7-18-14-20-19-12-17(26)13-21(27)23(19)28-24(20)25(29(18)22(30)5-2)16-10-8-15(3)9-11-16;1-4-6-7-18-14-21-20-15-19(30-3)12-13-22(20)27-24(21)25(28(18)23(29)5-2)16-8-10-17(26)11-9-16;1-4-6-9-17-12-19-18-10-7-8-11-20(18)26-21(19)22(27(17)16(3)5-2)23-13-24(25,14-23)15-23/h1,5,8-10,12-14,16,25,28H,3,6-7,11H2,2H3,(H,29,32);2,8-13,18,25,28H,4,6-7,14H2,1,3H3;2,8-13,15,18,25,27H,4,6-7,14H2,1,3H3;2,7-8,10-11,17,22,26H,3-4,6,9,12-15H2,1H3/t14-,25-,33?;2*18-,25-;17-,22+,23?,24?/m0000/s1. The number of amides is 3. The van der Waals surface area contributed by atoms with Crippen molar-refractivity contribution in [1.29, 1.82) is 0 Å². The van der Waals surface area contributed by atoms with Crippen molar-refractivity contribution in [3.05, 3.63) is 248 Å². The highest BCUT2D eigenvalue weighted by Gasteiger charge is 2.74. The summed E-state index contributed by atoms with van der Waals surface area (Å²) in [5, 5.41) is 3.63. The normalized spacial score (nSPS) is 22.7. The Hall–Kier alpha value is -11.8. The van der Waals surface area contributed by atoms with Gasteiger partial charge < -0.3 is 44.3 Å². The molecular formula is C99H99F6N9O5S. The first-order valence-electron chi connectivity index (χ1n) is 41.5. The van der Waals surface area contributed by atoms with E-state index in [1.807, 2.05) is 56.3 Å². The van der Waals surface area contributed by atoms with Gasteiger partial charge in [-0.25, -0.2) is 35.3 Å². The fraction of sp³-hybridized carbons (Fsp3) is 0.354. The highest BCUT2D eigenvalue weighted by Crippen LogP contribution is 2.76. The Labute approximate surface area is 697 Å². The molecule has 0 radical (unpaired) electrons. The molecule has 4 saturated carbocycles. The van der Waals surface area contributed by atoms with Gasteiger partial charge in [0.2, 0.25) is 0 Å². The molecule has 8 heterocycles. The summed E-state index contributed by atoms with van der Waals surface area (Å²) < 4.78 is 108.